The summed E-state index contributed by atoms with van der Waals surface area (Å²) in [5, 5.41) is 2.66. The first-order chi connectivity index (χ1) is 7.15. The van der Waals surface area contributed by atoms with E-state index in [2.05, 4.69) is 11.9 Å². The second-order valence-corrected chi connectivity index (χ2v) is 3.23. The van der Waals surface area contributed by atoms with Crippen molar-refractivity contribution >= 4 is 12.0 Å². The molecule has 15 heavy (non-hydrogen) atoms. The van der Waals surface area contributed by atoms with Crippen molar-refractivity contribution in [1.29, 1.82) is 0 Å². The molecular weight excluding hydrogens is 193 g/mol. The highest BCUT2D eigenvalue weighted by atomic mass is 19.1. The first-order valence-corrected chi connectivity index (χ1v) is 4.84. The molecule has 0 aliphatic rings. The zero-order chi connectivity index (χ0) is 11.3. The van der Waals surface area contributed by atoms with Crippen LogP contribution >= 0.6 is 0 Å². The molecule has 0 saturated carbocycles. The fourth-order valence-electron chi connectivity index (χ4n) is 1.34. The Labute approximate surface area is 88.8 Å². The van der Waals surface area contributed by atoms with E-state index in [1.807, 2.05) is 6.92 Å². The summed E-state index contributed by atoms with van der Waals surface area (Å²) in [6, 6.07) is 4.50. The van der Waals surface area contributed by atoms with E-state index in [9.17, 15) is 9.18 Å². The minimum absolute atomic E-state index is 0.0990. The summed E-state index contributed by atoms with van der Waals surface area (Å²) in [5.74, 6) is -0.440. The van der Waals surface area contributed by atoms with Crippen LogP contribution in [0.5, 0.6) is 0 Å². The number of carbonyl (C=O) groups is 1. The second-order valence-electron chi connectivity index (χ2n) is 3.23. The molecule has 2 nitrogen and oxygen atoms in total. The lowest BCUT2D eigenvalue weighted by Crippen LogP contribution is -2.24. The average Bonchev–Trinajstić information content (AvgIpc) is 2.17. The van der Waals surface area contributed by atoms with Gasteiger partial charge in [-0.3, -0.25) is 4.79 Å². The van der Waals surface area contributed by atoms with Crippen molar-refractivity contribution in [3.8, 4) is 0 Å². The molecule has 80 valence electrons. The van der Waals surface area contributed by atoms with E-state index >= 15 is 0 Å². The van der Waals surface area contributed by atoms with Gasteiger partial charge >= 0.3 is 0 Å². The van der Waals surface area contributed by atoms with Crippen molar-refractivity contribution in [3.05, 3.63) is 41.7 Å². The van der Waals surface area contributed by atoms with Crippen LogP contribution in [0.1, 0.15) is 18.1 Å². The zero-order valence-electron chi connectivity index (χ0n) is 8.72. The lowest BCUT2D eigenvalue weighted by Gasteiger charge is -2.04. The third kappa shape index (κ3) is 3.54. The fourth-order valence-corrected chi connectivity index (χ4v) is 1.34. The van der Waals surface area contributed by atoms with Gasteiger partial charge < -0.3 is 5.32 Å². The monoisotopic (exact) mass is 207 g/mol. The van der Waals surface area contributed by atoms with Crippen molar-refractivity contribution in [1.82, 2.24) is 5.32 Å². The number of carbonyl (C=O) groups excluding carboxylic acids is 1. The maximum Gasteiger partial charge on any atom is 0.224 e. The number of benzene rings is 1. The summed E-state index contributed by atoms with van der Waals surface area (Å²) in [4.78, 5) is 11.3. The van der Waals surface area contributed by atoms with Gasteiger partial charge in [-0.05, 0) is 30.2 Å². The molecule has 0 aliphatic carbocycles. The van der Waals surface area contributed by atoms with Crippen LogP contribution in [0, 0.1) is 5.82 Å². The third-order valence-corrected chi connectivity index (χ3v) is 1.95. The molecule has 0 spiro atoms. The third-order valence-electron chi connectivity index (χ3n) is 1.95. The summed E-state index contributed by atoms with van der Waals surface area (Å²) >= 11 is 0. The van der Waals surface area contributed by atoms with Gasteiger partial charge in [0, 0.05) is 6.54 Å². The van der Waals surface area contributed by atoms with Crippen LogP contribution in [0.15, 0.2) is 24.8 Å². The maximum atomic E-state index is 13.1. The Kier molecular flexibility index (Phi) is 4.03. The van der Waals surface area contributed by atoms with Crippen molar-refractivity contribution in [2.24, 2.45) is 0 Å². The smallest absolute Gasteiger partial charge is 0.224 e. The van der Waals surface area contributed by atoms with Crippen LogP contribution in [0.25, 0.3) is 6.08 Å². The normalized spacial score (nSPS) is 9.73. The molecule has 1 rings (SSSR count). The molecule has 1 aromatic carbocycles. The molecule has 0 aromatic heterocycles. The summed E-state index contributed by atoms with van der Waals surface area (Å²) in [6.45, 7) is 5.99. The Morgan fingerprint density at radius 3 is 2.87 bits per heavy atom. The van der Waals surface area contributed by atoms with Gasteiger partial charge in [-0.2, -0.15) is 0 Å². The highest BCUT2D eigenvalue weighted by Crippen LogP contribution is 2.10. The van der Waals surface area contributed by atoms with Crippen LogP contribution in [-0.4, -0.2) is 12.5 Å². The Balaban J connectivity index is 2.80. The largest absolute Gasteiger partial charge is 0.356 e. The topological polar surface area (TPSA) is 29.1 Å². The van der Waals surface area contributed by atoms with Crippen LogP contribution < -0.4 is 5.32 Å². The summed E-state index contributed by atoms with van der Waals surface area (Å²) in [7, 11) is 0. The van der Waals surface area contributed by atoms with E-state index in [-0.39, 0.29) is 18.1 Å². The molecule has 0 radical (unpaired) electrons. The molecule has 0 bridgehead atoms. The number of hydrogen-bond donors (Lipinski definition) is 1. The van der Waals surface area contributed by atoms with E-state index in [0.717, 1.165) is 0 Å². The lowest BCUT2D eigenvalue weighted by atomic mass is 10.1. The SMILES string of the molecule is C=Cc1cc(F)cc(CC(=O)NCC)c1. The van der Waals surface area contributed by atoms with Gasteiger partial charge in [0.25, 0.3) is 0 Å². The van der Waals surface area contributed by atoms with Crippen molar-refractivity contribution in [2.45, 2.75) is 13.3 Å². The maximum absolute atomic E-state index is 13.1. The predicted molar refractivity (Wildman–Crippen MR) is 58.9 cm³/mol. The predicted octanol–water partition coefficient (Wildman–Crippen LogP) is 2.15. The van der Waals surface area contributed by atoms with Gasteiger partial charge in [0.2, 0.25) is 5.91 Å². The first kappa shape index (κ1) is 11.4. The summed E-state index contributed by atoms with van der Waals surface area (Å²) < 4.78 is 13.1. The standard InChI is InChI=1S/C12H14FNO/c1-3-9-5-10(7-11(13)6-9)8-12(15)14-4-2/h3,5-7H,1,4,8H2,2H3,(H,14,15). The van der Waals surface area contributed by atoms with Crippen LogP contribution in [0.2, 0.25) is 0 Å². The van der Waals surface area contributed by atoms with Crippen LogP contribution in [-0.2, 0) is 11.2 Å². The van der Waals surface area contributed by atoms with E-state index < -0.39 is 0 Å². The van der Waals surface area contributed by atoms with Gasteiger partial charge in [-0.1, -0.05) is 18.7 Å². The summed E-state index contributed by atoms with van der Waals surface area (Å²) in [6.07, 6.45) is 1.76. The summed E-state index contributed by atoms with van der Waals surface area (Å²) in [5.41, 5.74) is 1.35. The van der Waals surface area contributed by atoms with Crippen LogP contribution in [0.4, 0.5) is 4.39 Å². The fraction of sp³-hybridized carbons (Fsp3) is 0.250. The zero-order valence-corrected chi connectivity index (χ0v) is 8.72. The van der Waals surface area contributed by atoms with E-state index in [0.29, 0.717) is 17.7 Å². The molecule has 0 saturated heterocycles. The molecule has 0 aliphatic heterocycles. The van der Waals surface area contributed by atoms with Gasteiger partial charge in [-0.25, -0.2) is 4.39 Å². The molecule has 0 unspecified atom stereocenters. The molecule has 1 amide bonds. The van der Waals surface area contributed by atoms with Crippen molar-refractivity contribution in [3.63, 3.8) is 0 Å². The molecule has 3 heteroatoms. The Morgan fingerprint density at radius 2 is 2.27 bits per heavy atom. The highest BCUT2D eigenvalue weighted by Gasteiger charge is 2.04. The number of rotatable bonds is 4. The first-order valence-electron chi connectivity index (χ1n) is 4.84. The number of amides is 1. The molecule has 0 atom stereocenters. The van der Waals surface area contributed by atoms with Gasteiger partial charge in [0.05, 0.1) is 6.42 Å². The minimum atomic E-state index is -0.341. The molecule has 1 aromatic rings. The minimum Gasteiger partial charge on any atom is -0.356 e. The number of halogens is 1. The van der Waals surface area contributed by atoms with Gasteiger partial charge in [0.1, 0.15) is 5.82 Å². The van der Waals surface area contributed by atoms with E-state index in [1.165, 1.54) is 12.1 Å². The lowest BCUT2D eigenvalue weighted by molar-refractivity contribution is -0.120. The number of nitrogens with one attached hydrogen (secondary N) is 1. The van der Waals surface area contributed by atoms with Crippen molar-refractivity contribution < 1.29 is 9.18 Å². The van der Waals surface area contributed by atoms with E-state index in [1.54, 1.807) is 12.1 Å². The Bertz CT molecular complexity index is 374. The molecular formula is C12H14FNO. The highest BCUT2D eigenvalue weighted by molar-refractivity contribution is 5.78. The quantitative estimate of drug-likeness (QED) is 0.805. The van der Waals surface area contributed by atoms with Crippen molar-refractivity contribution in [2.75, 3.05) is 6.54 Å². The van der Waals surface area contributed by atoms with Gasteiger partial charge in [0.15, 0.2) is 0 Å². The number of hydrogen-bond acceptors (Lipinski definition) is 1. The second kappa shape index (κ2) is 5.29. The molecule has 1 N–H and O–H groups in total. The number of likely N-dealkylation sites (N-methyl/N-ethyl adjacent to an activating group) is 1. The Morgan fingerprint density at radius 1 is 1.53 bits per heavy atom. The Hall–Kier alpha value is -1.64. The van der Waals surface area contributed by atoms with E-state index in [4.69, 9.17) is 0 Å². The average molecular weight is 207 g/mol. The molecule has 0 heterocycles. The van der Waals surface area contributed by atoms with Gasteiger partial charge in [-0.15, -0.1) is 0 Å². The molecule has 0 fully saturated rings. The van der Waals surface area contributed by atoms with Crippen LogP contribution in [0.3, 0.4) is 0 Å².